The molecule has 1 N–H and O–H groups in total. The first-order valence-electron chi connectivity index (χ1n) is 4.43. The van der Waals surface area contributed by atoms with Crippen molar-refractivity contribution in [1.82, 2.24) is 5.32 Å². The average molecular weight is 139 g/mol. The lowest BCUT2D eigenvalue weighted by molar-refractivity contribution is 0.329. The van der Waals surface area contributed by atoms with E-state index in [-0.39, 0.29) is 0 Å². The quantitative estimate of drug-likeness (QED) is 0.582. The Balaban J connectivity index is 2.16. The van der Waals surface area contributed by atoms with Crippen LogP contribution < -0.4 is 5.32 Å². The summed E-state index contributed by atoms with van der Waals surface area (Å²) in [6.07, 6.45) is 1.41. The molecule has 1 saturated carbocycles. The van der Waals surface area contributed by atoms with Gasteiger partial charge in [0.25, 0.3) is 0 Å². The summed E-state index contributed by atoms with van der Waals surface area (Å²) in [6, 6.07) is 0.868. The van der Waals surface area contributed by atoms with Crippen LogP contribution in [0.15, 0.2) is 0 Å². The van der Waals surface area contributed by atoms with E-state index in [0.29, 0.717) is 5.41 Å². The summed E-state index contributed by atoms with van der Waals surface area (Å²) < 4.78 is 0. The molecule has 0 amide bonds. The van der Waals surface area contributed by atoms with Gasteiger partial charge in [0.15, 0.2) is 0 Å². The Bertz CT molecular complexity index is 146. The summed E-state index contributed by atoms with van der Waals surface area (Å²) in [7, 11) is 0. The molecule has 0 aromatic carbocycles. The molecule has 10 heavy (non-hydrogen) atoms. The zero-order chi connectivity index (χ0) is 7.35. The largest absolute Gasteiger partial charge is 0.313 e. The fourth-order valence-electron chi connectivity index (χ4n) is 3.02. The van der Waals surface area contributed by atoms with E-state index in [9.17, 15) is 0 Å². The molecule has 0 aromatic rings. The molecule has 2 aliphatic rings. The third-order valence-corrected chi connectivity index (χ3v) is 3.81. The van der Waals surface area contributed by atoms with Crippen LogP contribution >= 0.6 is 0 Å². The molecule has 0 aromatic heterocycles. The highest BCUT2D eigenvalue weighted by molar-refractivity contribution is 5.18. The molecule has 1 aliphatic carbocycles. The summed E-state index contributed by atoms with van der Waals surface area (Å²) in [5.41, 5.74) is 0.708. The topological polar surface area (TPSA) is 12.0 Å². The molecular formula is C9H17N. The van der Waals surface area contributed by atoms with E-state index in [0.717, 1.165) is 17.9 Å². The number of piperidine rings is 1. The van der Waals surface area contributed by atoms with Gasteiger partial charge in [-0.2, -0.15) is 0 Å². The van der Waals surface area contributed by atoms with Gasteiger partial charge in [0, 0.05) is 6.04 Å². The Labute approximate surface area is 63.2 Å². The van der Waals surface area contributed by atoms with Crippen molar-refractivity contribution in [2.24, 2.45) is 17.3 Å². The van der Waals surface area contributed by atoms with Gasteiger partial charge in [-0.1, -0.05) is 20.8 Å². The fourth-order valence-corrected chi connectivity index (χ4v) is 3.02. The summed E-state index contributed by atoms with van der Waals surface area (Å²) >= 11 is 0. The minimum atomic E-state index is 0.708. The third kappa shape index (κ3) is 0.531. The van der Waals surface area contributed by atoms with Gasteiger partial charge in [-0.3, -0.25) is 0 Å². The van der Waals surface area contributed by atoms with Crippen LogP contribution in [0.2, 0.25) is 0 Å². The fraction of sp³-hybridized carbons (Fsp3) is 1.00. The standard InChI is InChI=1S/C9H17N/c1-6(2)9-4-5-10-8(9)7(9)3/h6-8,10H,4-5H2,1-3H3/t7-,8?,9+/m0/s1. The van der Waals surface area contributed by atoms with Crippen molar-refractivity contribution in [2.45, 2.75) is 33.2 Å². The number of nitrogens with one attached hydrogen (secondary N) is 1. The van der Waals surface area contributed by atoms with Crippen molar-refractivity contribution in [3.63, 3.8) is 0 Å². The Morgan fingerprint density at radius 2 is 2.20 bits per heavy atom. The lowest BCUT2D eigenvalue weighted by Crippen LogP contribution is -2.13. The molecule has 2 rings (SSSR count). The molecule has 2 fully saturated rings. The molecule has 58 valence electrons. The van der Waals surface area contributed by atoms with Gasteiger partial charge >= 0.3 is 0 Å². The SMILES string of the molecule is CC(C)[C@@]12CCNC1[C@@H]2C. The van der Waals surface area contributed by atoms with E-state index in [1.165, 1.54) is 13.0 Å². The minimum Gasteiger partial charge on any atom is -0.313 e. The smallest absolute Gasteiger partial charge is 0.0161 e. The first-order chi connectivity index (χ1) is 4.69. The second kappa shape index (κ2) is 1.76. The molecule has 0 radical (unpaired) electrons. The van der Waals surface area contributed by atoms with Crippen molar-refractivity contribution in [1.29, 1.82) is 0 Å². The van der Waals surface area contributed by atoms with E-state index in [1.54, 1.807) is 0 Å². The molecule has 0 spiro atoms. The van der Waals surface area contributed by atoms with Crippen LogP contribution in [-0.4, -0.2) is 12.6 Å². The van der Waals surface area contributed by atoms with Crippen molar-refractivity contribution in [2.75, 3.05) is 6.54 Å². The normalized spacial score (nSPS) is 51.6. The van der Waals surface area contributed by atoms with E-state index < -0.39 is 0 Å². The lowest BCUT2D eigenvalue weighted by atomic mass is 9.88. The van der Waals surface area contributed by atoms with Gasteiger partial charge in [-0.25, -0.2) is 0 Å². The van der Waals surface area contributed by atoms with Crippen LogP contribution in [0, 0.1) is 17.3 Å². The Hall–Kier alpha value is -0.0400. The van der Waals surface area contributed by atoms with Crippen LogP contribution in [0.3, 0.4) is 0 Å². The zero-order valence-corrected chi connectivity index (χ0v) is 7.15. The van der Waals surface area contributed by atoms with Crippen LogP contribution in [0.1, 0.15) is 27.2 Å². The maximum absolute atomic E-state index is 3.57. The molecule has 1 saturated heterocycles. The molecule has 1 heterocycles. The number of rotatable bonds is 1. The van der Waals surface area contributed by atoms with Crippen molar-refractivity contribution in [3.8, 4) is 0 Å². The van der Waals surface area contributed by atoms with Gasteiger partial charge in [0.05, 0.1) is 0 Å². The maximum Gasteiger partial charge on any atom is 0.0161 e. The minimum absolute atomic E-state index is 0.708. The van der Waals surface area contributed by atoms with Crippen LogP contribution in [-0.2, 0) is 0 Å². The molecule has 1 heteroatoms. The summed E-state index contributed by atoms with van der Waals surface area (Å²) in [6.45, 7) is 8.37. The monoisotopic (exact) mass is 139 g/mol. The van der Waals surface area contributed by atoms with E-state index in [2.05, 4.69) is 26.1 Å². The highest BCUT2D eigenvalue weighted by Crippen LogP contribution is 2.62. The van der Waals surface area contributed by atoms with Gasteiger partial charge in [0.2, 0.25) is 0 Å². The highest BCUT2D eigenvalue weighted by atomic mass is 15.1. The predicted molar refractivity (Wildman–Crippen MR) is 42.8 cm³/mol. The predicted octanol–water partition coefficient (Wildman–Crippen LogP) is 1.64. The molecule has 1 nitrogen and oxygen atoms in total. The van der Waals surface area contributed by atoms with Gasteiger partial charge in [0.1, 0.15) is 0 Å². The van der Waals surface area contributed by atoms with E-state index >= 15 is 0 Å². The first kappa shape index (κ1) is 6.66. The van der Waals surface area contributed by atoms with Gasteiger partial charge in [-0.15, -0.1) is 0 Å². The van der Waals surface area contributed by atoms with Crippen LogP contribution in [0.25, 0.3) is 0 Å². The second-order valence-electron chi connectivity index (χ2n) is 4.24. The molecular weight excluding hydrogens is 122 g/mol. The van der Waals surface area contributed by atoms with Crippen LogP contribution in [0.4, 0.5) is 0 Å². The molecule has 1 aliphatic heterocycles. The Morgan fingerprint density at radius 3 is 2.50 bits per heavy atom. The zero-order valence-electron chi connectivity index (χ0n) is 7.15. The lowest BCUT2D eigenvalue weighted by Gasteiger charge is -2.16. The summed E-state index contributed by atoms with van der Waals surface area (Å²) in [4.78, 5) is 0. The Morgan fingerprint density at radius 1 is 1.50 bits per heavy atom. The summed E-state index contributed by atoms with van der Waals surface area (Å²) in [5, 5.41) is 3.57. The van der Waals surface area contributed by atoms with Crippen molar-refractivity contribution < 1.29 is 0 Å². The number of fused-ring (bicyclic) bond motifs is 1. The first-order valence-corrected chi connectivity index (χ1v) is 4.43. The summed E-state index contributed by atoms with van der Waals surface area (Å²) in [5.74, 6) is 1.82. The van der Waals surface area contributed by atoms with Gasteiger partial charge < -0.3 is 5.32 Å². The van der Waals surface area contributed by atoms with Crippen molar-refractivity contribution in [3.05, 3.63) is 0 Å². The van der Waals surface area contributed by atoms with Crippen molar-refractivity contribution >= 4 is 0 Å². The average Bonchev–Trinajstić information content (AvgIpc) is 2.36. The second-order valence-corrected chi connectivity index (χ2v) is 4.24. The van der Waals surface area contributed by atoms with Crippen LogP contribution in [0.5, 0.6) is 0 Å². The third-order valence-electron chi connectivity index (χ3n) is 3.81. The molecule has 1 unspecified atom stereocenters. The molecule has 0 bridgehead atoms. The number of hydrogen-bond donors (Lipinski definition) is 1. The molecule has 3 atom stereocenters. The number of hydrogen-bond acceptors (Lipinski definition) is 1. The van der Waals surface area contributed by atoms with Gasteiger partial charge in [-0.05, 0) is 30.2 Å². The van der Waals surface area contributed by atoms with E-state index in [4.69, 9.17) is 0 Å². The Kier molecular flexibility index (Phi) is 1.17. The maximum atomic E-state index is 3.57. The van der Waals surface area contributed by atoms with E-state index in [1.807, 2.05) is 0 Å². The highest BCUT2D eigenvalue weighted by Gasteiger charge is 2.65.